The maximum atomic E-state index is 3.75. The Bertz CT molecular complexity index is 729. The van der Waals surface area contributed by atoms with Crippen LogP contribution in [0.15, 0.2) is 48.2 Å². The van der Waals surface area contributed by atoms with Crippen molar-refractivity contribution in [1.82, 2.24) is 0 Å². The molecule has 22 heavy (non-hydrogen) atoms. The zero-order chi connectivity index (χ0) is 15.7. The van der Waals surface area contributed by atoms with E-state index < -0.39 is 0 Å². The van der Waals surface area contributed by atoms with Crippen molar-refractivity contribution < 1.29 is 0 Å². The molecule has 1 aliphatic rings. The molecule has 0 bridgehead atoms. The SMILES string of the molecule is CC(=C=C(c1c(C)cc(C)cc1C)C1CC1)c1ccccc1. The molecule has 0 aliphatic heterocycles. The van der Waals surface area contributed by atoms with Crippen LogP contribution in [0, 0.1) is 26.7 Å². The van der Waals surface area contributed by atoms with Gasteiger partial charge in [-0.2, -0.15) is 0 Å². The summed E-state index contributed by atoms with van der Waals surface area (Å²) in [7, 11) is 0. The Balaban J connectivity index is 2.18. The Kier molecular flexibility index (Phi) is 4.05. The van der Waals surface area contributed by atoms with E-state index in [4.69, 9.17) is 0 Å². The molecule has 3 rings (SSSR count). The molecule has 2 aromatic carbocycles. The third-order valence-electron chi connectivity index (χ3n) is 4.46. The van der Waals surface area contributed by atoms with Gasteiger partial charge in [0.05, 0.1) is 0 Å². The largest absolute Gasteiger partial charge is 0.113 e. The average Bonchev–Trinajstić information content (AvgIpc) is 3.30. The molecule has 0 radical (unpaired) electrons. The molecular formula is C22H24. The van der Waals surface area contributed by atoms with E-state index in [1.807, 2.05) is 0 Å². The zero-order valence-corrected chi connectivity index (χ0v) is 14.0. The molecule has 112 valence electrons. The van der Waals surface area contributed by atoms with Crippen molar-refractivity contribution in [1.29, 1.82) is 0 Å². The van der Waals surface area contributed by atoms with E-state index in [-0.39, 0.29) is 0 Å². The molecular weight excluding hydrogens is 264 g/mol. The van der Waals surface area contributed by atoms with Crippen LogP contribution in [-0.2, 0) is 0 Å². The van der Waals surface area contributed by atoms with Gasteiger partial charge in [-0.15, -0.1) is 5.73 Å². The highest BCUT2D eigenvalue weighted by Crippen LogP contribution is 2.43. The van der Waals surface area contributed by atoms with Crippen molar-refractivity contribution >= 4 is 11.1 Å². The van der Waals surface area contributed by atoms with Crippen LogP contribution in [-0.4, -0.2) is 0 Å². The Morgan fingerprint density at radius 2 is 1.55 bits per heavy atom. The van der Waals surface area contributed by atoms with Crippen LogP contribution < -0.4 is 0 Å². The van der Waals surface area contributed by atoms with Gasteiger partial charge in [0, 0.05) is 5.57 Å². The summed E-state index contributed by atoms with van der Waals surface area (Å²) in [5, 5.41) is 0. The second kappa shape index (κ2) is 5.99. The second-order valence-corrected chi connectivity index (χ2v) is 6.58. The third kappa shape index (κ3) is 3.08. The monoisotopic (exact) mass is 288 g/mol. The second-order valence-electron chi connectivity index (χ2n) is 6.58. The summed E-state index contributed by atoms with van der Waals surface area (Å²) < 4.78 is 0. The lowest BCUT2D eigenvalue weighted by Gasteiger charge is -2.13. The summed E-state index contributed by atoms with van der Waals surface area (Å²) in [5.74, 6) is 0.693. The van der Waals surface area contributed by atoms with E-state index in [0.717, 1.165) is 0 Å². The van der Waals surface area contributed by atoms with E-state index in [1.165, 1.54) is 51.8 Å². The van der Waals surface area contributed by atoms with Gasteiger partial charge in [0.15, 0.2) is 0 Å². The maximum Gasteiger partial charge on any atom is 0.00513 e. The lowest BCUT2D eigenvalue weighted by atomic mass is 9.91. The molecule has 0 unspecified atom stereocenters. The van der Waals surface area contributed by atoms with Crippen molar-refractivity contribution in [3.05, 3.63) is 76.0 Å². The topological polar surface area (TPSA) is 0 Å². The van der Waals surface area contributed by atoms with Gasteiger partial charge in [-0.05, 0) is 74.3 Å². The van der Waals surface area contributed by atoms with E-state index in [0.29, 0.717) is 5.92 Å². The molecule has 0 nitrogen and oxygen atoms in total. The molecule has 1 aliphatic carbocycles. The highest BCUT2D eigenvalue weighted by Gasteiger charge is 2.28. The summed E-state index contributed by atoms with van der Waals surface area (Å²) in [6, 6.07) is 15.2. The van der Waals surface area contributed by atoms with Crippen molar-refractivity contribution in [2.45, 2.75) is 40.5 Å². The normalized spacial score (nSPS) is 13.6. The predicted molar refractivity (Wildman–Crippen MR) is 95.8 cm³/mol. The van der Waals surface area contributed by atoms with Crippen molar-refractivity contribution in [2.75, 3.05) is 0 Å². The highest BCUT2D eigenvalue weighted by atomic mass is 14.3. The molecule has 0 spiro atoms. The highest BCUT2D eigenvalue weighted by molar-refractivity contribution is 5.79. The zero-order valence-electron chi connectivity index (χ0n) is 14.0. The van der Waals surface area contributed by atoms with Crippen molar-refractivity contribution in [3.63, 3.8) is 0 Å². The van der Waals surface area contributed by atoms with Crippen molar-refractivity contribution in [3.8, 4) is 0 Å². The summed E-state index contributed by atoms with van der Waals surface area (Å²) in [5.41, 5.74) is 13.2. The number of aryl methyl sites for hydroxylation is 3. The van der Waals surface area contributed by atoms with Gasteiger partial charge in [0.2, 0.25) is 0 Å². The van der Waals surface area contributed by atoms with Crippen LogP contribution in [0.1, 0.15) is 47.6 Å². The summed E-state index contributed by atoms with van der Waals surface area (Å²) in [6.45, 7) is 8.82. The standard InChI is InChI=1S/C22H24/c1-15-12-17(3)22(18(4)13-15)21(20-10-11-20)14-16(2)19-8-6-5-7-9-19/h5-9,12-13,20H,10-11H2,1-4H3. The third-order valence-corrected chi connectivity index (χ3v) is 4.46. The number of rotatable bonds is 3. The van der Waals surface area contributed by atoms with Crippen molar-refractivity contribution in [2.24, 2.45) is 5.92 Å². The average molecular weight is 288 g/mol. The van der Waals surface area contributed by atoms with Crippen LogP contribution >= 0.6 is 0 Å². The van der Waals surface area contributed by atoms with E-state index in [2.05, 4.69) is 75.9 Å². The van der Waals surface area contributed by atoms with Gasteiger partial charge in [-0.1, -0.05) is 48.0 Å². The predicted octanol–water partition coefficient (Wildman–Crippen LogP) is 6.11. The first-order chi connectivity index (χ1) is 10.6. The fourth-order valence-electron chi connectivity index (χ4n) is 3.31. The van der Waals surface area contributed by atoms with Gasteiger partial charge < -0.3 is 0 Å². The fourth-order valence-corrected chi connectivity index (χ4v) is 3.31. The molecule has 1 fully saturated rings. The van der Waals surface area contributed by atoms with E-state index in [9.17, 15) is 0 Å². The molecule has 1 saturated carbocycles. The molecule has 0 aromatic heterocycles. The van der Waals surface area contributed by atoms with Crippen LogP contribution in [0.2, 0.25) is 0 Å². The number of hydrogen-bond donors (Lipinski definition) is 0. The van der Waals surface area contributed by atoms with Crippen LogP contribution in [0.5, 0.6) is 0 Å². The molecule has 0 N–H and O–H groups in total. The van der Waals surface area contributed by atoms with Gasteiger partial charge in [0.25, 0.3) is 0 Å². The van der Waals surface area contributed by atoms with Crippen LogP contribution in [0.4, 0.5) is 0 Å². The Morgan fingerprint density at radius 1 is 0.955 bits per heavy atom. The molecule has 0 amide bonds. The van der Waals surface area contributed by atoms with Gasteiger partial charge in [0.1, 0.15) is 0 Å². The first-order valence-corrected chi connectivity index (χ1v) is 8.17. The molecule has 0 heteroatoms. The molecule has 0 heterocycles. The minimum absolute atomic E-state index is 0.693. The maximum absolute atomic E-state index is 3.75. The molecule has 0 atom stereocenters. The van der Waals surface area contributed by atoms with Crippen LogP contribution in [0.25, 0.3) is 11.1 Å². The van der Waals surface area contributed by atoms with E-state index in [1.54, 1.807) is 0 Å². The van der Waals surface area contributed by atoms with Gasteiger partial charge >= 0.3 is 0 Å². The van der Waals surface area contributed by atoms with E-state index >= 15 is 0 Å². The lowest BCUT2D eigenvalue weighted by Crippen LogP contribution is -1.96. The summed E-state index contributed by atoms with van der Waals surface area (Å²) in [6.07, 6.45) is 2.61. The number of allylic oxidation sites excluding steroid dienone is 1. The Hall–Kier alpha value is -2.04. The molecule has 0 saturated heterocycles. The fraction of sp³-hybridized carbons (Fsp3) is 0.318. The number of benzene rings is 2. The van der Waals surface area contributed by atoms with Gasteiger partial charge in [-0.3, -0.25) is 0 Å². The number of hydrogen-bond acceptors (Lipinski definition) is 0. The quantitative estimate of drug-likeness (QED) is 0.598. The first-order valence-electron chi connectivity index (χ1n) is 8.17. The van der Waals surface area contributed by atoms with Crippen LogP contribution in [0.3, 0.4) is 0 Å². The summed E-state index contributed by atoms with van der Waals surface area (Å²) >= 11 is 0. The Labute approximate surface area is 134 Å². The van der Waals surface area contributed by atoms with Gasteiger partial charge in [-0.25, -0.2) is 0 Å². The Morgan fingerprint density at radius 3 is 2.09 bits per heavy atom. The minimum atomic E-state index is 0.693. The summed E-state index contributed by atoms with van der Waals surface area (Å²) in [4.78, 5) is 0. The lowest BCUT2D eigenvalue weighted by molar-refractivity contribution is 1.13. The molecule has 2 aromatic rings. The first kappa shape index (κ1) is 14.9. The smallest absolute Gasteiger partial charge is 0.00513 e. The minimum Gasteiger partial charge on any atom is -0.113 e.